The number of methoxy groups -OCH3 is 1. The maximum absolute atomic E-state index is 13.1. The molecule has 2 aliphatic heterocycles. The molecule has 0 amide bonds. The largest absolute Gasteiger partial charge is 0.382 e. The van der Waals surface area contributed by atoms with Gasteiger partial charge in [0.25, 0.3) is 10.0 Å². The molecule has 28 heavy (non-hydrogen) atoms. The Morgan fingerprint density at radius 3 is 2.61 bits per heavy atom. The molecule has 2 fully saturated rings. The smallest absolute Gasteiger partial charge is 0.254 e. The first-order valence-corrected chi connectivity index (χ1v) is 13.8. The van der Waals surface area contributed by atoms with Crippen molar-refractivity contribution in [3.8, 4) is 0 Å². The second-order valence-corrected chi connectivity index (χ2v) is 15.5. The van der Waals surface area contributed by atoms with Crippen LogP contribution in [0, 0.1) is 0 Å². The number of ether oxygens (including phenoxy) is 2. The topological polar surface area (TPSA) is 89.0 Å². The van der Waals surface area contributed by atoms with Gasteiger partial charge < -0.3 is 18.9 Å². The Hall–Kier alpha value is -0.510. The average Bonchev–Trinajstić information content (AvgIpc) is 3.13. The van der Waals surface area contributed by atoms with Crippen molar-refractivity contribution in [2.24, 2.45) is 0 Å². The molecule has 1 aromatic rings. The Labute approximate surface area is 171 Å². The van der Waals surface area contributed by atoms with Crippen LogP contribution in [-0.2, 0) is 24.1 Å². The maximum atomic E-state index is 13.1. The van der Waals surface area contributed by atoms with Crippen LogP contribution in [0.15, 0.2) is 10.4 Å². The molecule has 0 radical (unpaired) electrons. The lowest BCUT2D eigenvalue weighted by atomic mass is 10.3. The fourth-order valence-corrected chi connectivity index (χ4v) is 8.97. The van der Waals surface area contributed by atoms with E-state index in [1.807, 2.05) is 20.8 Å². The first-order valence-electron chi connectivity index (χ1n) is 9.46. The van der Waals surface area contributed by atoms with Gasteiger partial charge in [0.2, 0.25) is 0 Å². The second kappa shape index (κ2) is 8.32. The molecule has 0 aliphatic carbocycles. The lowest BCUT2D eigenvalue weighted by Gasteiger charge is -2.38. The molecule has 1 unspecified atom stereocenters. The molecule has 2 aliphatic rings. The predicted octanol–water partition coefficient (Wildman–Crippen LogP) is 2.16. The molecule has 3 rings (SSSR count). The van der Waals surface area contributed by atoms with Gasteiger partial charge in [0.1, 0.15) is 0 Å². The predicted molar refractivity (Wildman–Crippen MR) is 112 cm³/mol. The van der Waals surface area contributed by atoms with Crippen molar-refractivity contribution < 1.29 is 22.5 Å². The molecular weight excluding hydrogens is 421 g/mol. The van der Waals surface area contributed by atoms with Crippen molar-refractivity contribution in [1.82, 2.24) is 9.29 Å². The highest BCUT2D eigenvalue weighted by atomic mass is 32.2. The van der Waals surface area contributed by atoms with Crippen LogP contribution >= 0.6 is 18.5 Å². The molecule has 0 bridgehead atoms. The SMILES string of the molecule is COCC1CN(S(=O)(=O)c2cnc(N3CCP(=O)(C(C)(C)C)CC3)s2)CCO1. The minimum Gasteiger partial charge on any atom is -0.382 e. The standard InChI is InChI=1S/C17H30N3O5PS2/c1-17(2,3)26(21)9-6-19(7-10-26)16-18-11-15(27-16)28(22,23)20-5-8-25-14(12-20)13-24-4/h11,14H,5-10,12-13H2,1-4H3. The lowest BCUT2D eigenvalue weighted by Crippen LogP contribution is -2.46. The molecule has 0 spiro atoms. The van der Waals surface area contributed by atoms with E-state index in [-0.39, 0.29) is 22.0 Å². The lowest BCUT2D eigenvalue weighted by molar-refractivity contribution is -0.0406. The van der Waals surface area contributed by atoms with Crippen LogP contribution in [0.2, 0.25) is 0 Å². The van der Waals surface area contributed by atoms with Crippen molar-refractivity contribution in [3.63, 3.8) is 0 Å². The van der Waals surface area contributed by atoms with Crippen LogP contribution in [0.1, 0.15) is 20.8 Å². The highest BCUT2D eigenvalue weighted by Crippen LogP contribution is 2.58. The normalized spacial score (nSPS) is 24.4. The van der Waals surface area contributed by atoms with Crippen LogP contribution in [0.4, 0.5) is 5.13 Å². The monoisotopic (exact) mass is 451 g/mol. The summed E-state index contributed by atoms with van der Waals surface area (Å²) in [4.78, 5) is 6.41. The Kier molecular flexibility index (Phi) is 6.59. The molecule has 1 atom stereocenters. The minimum atomic E-state index is -3.60. The van der Waals surface area contributed by atoms with Gasteiger partial charge in [-0.1, -0.05) is 32.1 Å². The number of hydrogen-bond acceptors (Lipinski definition) is 8. The van der Waals surface area contributed by atoms with Gasteiger partial charge in [0, 0.05) is 50.8 Å². The third-order valence-corrected chi connectivity index (χ3v) is 13.1. The zero-order valence-corrected chi connectivity index (χ0v) is 19.5. The molecular formula is C17H30N3O5PS2. The van der Waals surface area contributed by atoms with Gasteiger partial charge in [-0.15, -0.1) is 0 Å². The summed E-state index contributed by atoms with van der Waals surface area (Å²) < 4.78 is 51.4. The van der Waals surface area contributed by atoms with Gasteiger partial charge in [-0.2, -0.15) is 4.31 Å². The van der Waals surface area contributed by atoms with Crippen LogP contribution in [-0.4, -0.2) is 87.8 Å². The molecule has 0 aromatic carbocycles. The quantitative estimate of drug-likeness (QED) is 0.634. The van der Waals surface area contributed by atoms with Crippen LogP contribution in [0.3, 0.4) is 0 Å². The van der Waals surface area contributed by atoms with E-state index in [1.54, 1.807) is 7.11 Å². The number of sulfonamides is 1. The van der Waals surface area contributed by atoms with Crippen molar-refractivity contribution in [2.75, 3.05) is 63.7 Å². The van der Waals surface area contributed by atoms with E-state index in [0.29, 0.717) is 50.3 Å². The van der Waals surface area contributed by atoms with Gasteiger partial charge >= 0.3 is 0 Å². The van der Waals surface area contributed by atoms with E-state index in [2.05, 4.69) is 9.88 Å². The van der Waals surface area contributed by atoms with Crippen LogP contribution < -0.4 is 4.90 Å². The van der Waals surface area contributed by atoms with Gasteiger partial charge in [-0.25, -0.2) is 13.4 Å². The molecule has 2 saturated heterocycles. The first kappa shape index (κ1) is 22.2. The molecule has 160 valence electrons. The van der Waals surface area contributed by atoms with Gasteiger partial charge in [0.05, 0.1) is 32.7 Å². The summed E-state index contributed by atoms with van der Waals surface area (Å²) in [6.45, 7) is 8.74. The van der Waals surface area contributed by atoms with E-state index in [1.165, 1.54) is 21.8 Å². The highest BCUT2D eigenvalue weighted by molar-refractivity contribution is 7.91. The molecule has 0 N–H and O–H groups in total. The van der Waals surface area contributed by atoms with E-state index in [9.17, 15) is 13.0 Å². The number of anilines is 1. The summed E-state index contributed by atoms with van der Waals surface area (Å²) in [5.74, 6) is 0. The van der Waals surface area contributed by atoms with E-state index < -0.39 is 17.2 Å². The third kappa shape index (κ3) is 4.47. The van der Waals surface area contributed by atoms with Crippen molar-refractivity contribution >= 4 is 33.6 Å². The van der Waals surface area contributed by atoms with Crippen LogP contribution in [0.5, 0.6) is 0 Å². The summed E-state index contributed by atoms with van der Waals surface area (Å²) in [5.41, 5.74) is 0. The number of morpholine rings is 1. The Bertz CT molecular complexity index is 822. The molecule has 3 heterocycles. The maximum Gasteiger partial charge on any atom is 0.254 e. The average molecular weight is 452 g/mol. The van der Waals surface area contributed by atoms with Gasteiger partial charge in [-0.05, 0) is 0 Å². The summed E-state index contributed by atoms with van der Waals surface area (Å²) >= 11 is 1.19. The van der Waals surface area contributed by atoms with E-state index >= 15 is 0 Å². The second-order valence-electron chi connectivity index (χ2n) is 8.27. The van der Waals surface area contributed by atoms with E-state index in [4.69, 9.17) is 9.47 Å². The van der Waals surface area contributed by atoms with Crippen molar-refractivity contribution in [3.05, 3.63) is 6.20 Å². The summed E-state index contributed by atoms with van der Waals surface area (Å²) in [5, 5.41) is 0.492. The zero-order valence-electron chi connectivity index (χ0n) is 17.0. The summed E-state index contributed by atoms with van der Waals surface area (Å²) in [7, 11) is -4.27. The van der Waals surface area contributed by atoms with E-state index in [0.717, 1.165) is 0 Å². The third-order valence-electron chi connectivity index (χ3n) is 5.48. The van der Waals surface area contributed by atoms with Crippen molar-refractivity contribution in [1.29, 1.82) is 0 Å². The summed E-state index contributed by atoms with van der Waals surface area (Å²) in [6, 6.07) is 0. The van der Waals surface area contributed by atoms with Crippen molar-refractivity contribution in [2.45, 2.75) is 36.2 Å². The summed E-state index contributed by atoms with van der Waals surface area (Å²) in [6.07, 6.45) is 2.46. The molecule has 11 heteroatoms. The Morgan fingerprint density at radius 1 is 1.32 bits per heavy atom. The zero-order chi connectivity index (χ0) is 20.6. The van der Waals surface area contributed by atoms with Crippen LogP contribution in [0.25, 0.3) is 0 Å². The highest BCUT2D eigenvalue weighted by Gasteiger charge is 2.40. The molecule has 0 saturated carbocycles. The number of aromatic nitrogens is 1. The Morgan fingerprint density at radius 2 is 2.00 bits per heavy atom. The fraction of sp³-hybridized carbons (Fsp3) is 0.824. The molecule has 8 nitrogen and oxygen atoms in total. The number of nitrogens with zero attached hydrogens (tertiary/aromatic N) is 3. The van der Waals surface area contributed by atoms with Gasteiger partial charge in [-0.3, -0.25) is 0 Å². The number of hydrogen-bond donors (Lipinski definition) is 0. The number of thiazole rings is 1. The first-order chi connectivity index (χ1) is 13.1. The Balaban J connectivity index is 1.69. The minimum absolute atomic E-state index is 0.189. The number of rotatable bonds is 5. The van der Waals surface area contributed by atoms with Gasteiger partial charge in [0.15, 0.2) is 9.34 Å². The molecule has 1 aromatic heterocycles. The fourth-order valence-electron chi connectivity index (χ4n) is 3.49.